The molecule has 2 aromatic rings. The molecule has 4 rings (SSSR count). The quantitative estimate of drug-likeness (QED) is 0.779. The number of amides is 3. The number of likely N-dealkylation sites (N-methyl/N-ethyl adjacent to an activating group) is 1. The molecule has 7 nitrogen and oxygen atoms in total. The highest BCUT2D eigenvalue weighted by Gasteiger charge is 2.29. The van der Waals surface area contributed by atoms with Gasteiger partial charge in [0.2, 0.25) is 0 Å². The summed E-state index contributed by atoms with van der Waals surface area (Å²) in [5.41, 5.74) is 2.76. The Kier molecular flexibility index (Phi) is 5.32. The lowest BCUT2D eigenvalue weighted by Gasteiger charge is -2.36. The summed E-state index contributed by atoms with van der Waals surface area (Å²) in [5, 5.41) is 0. The second-order valence-corrected chi connectivity index (χ2v) is 7.95. The number of aromatic nitrogens is 1. The van der Waals surface area contributed by atoms with E-state index in [0.29, 0.717) is 44.8 Å². The minimum Gasteiger partial charge on any atom is -0.353 e. The molecule has 0 N–H and O–H groups in total. The molecule has 30 heavy (non-hydrogen) atoms. The molecule has 0 radical (unpaired) electrons. The van der Waals surface area contributed by atoms with Crippen LogP contribution in [0, 0.1) is 19.7 Å². The first-order valence-electron chi connectivity index (χ1n) is 10.1. The van der Waals surface area contributed by atoms with Crippen molar-refractivity contribution in [3.8, 4) is 0 Å². The summed E-state index contributed by atoms with van der Waals surface area (Å²) in [4.78, 5) is 36.4. The predicted molar refractivity (Wildman–Crippen MR) is 114 cm³/mol. The average Bonchev–Trinajstić information content (AvgIpc) is 3.06. The molecule has 2 aliphatic rings. The molecule has 158 valence electrons. The van der Waals surface area contributed by atoms with E-state index in [9.17, 15) is 14.0 Å². The molecule has 8 heteroatoms. The van der Waals surface area contributed by atoms with E-state index < -0.39 is 5.82 Å². The van der Waals surface area contributed by atoms with Crippen LogP contribution in [-0.2, 0) is 0 Å². The average molecular weight is 411 g/mol. The number of aryl methyl sites for hydroxylation is 2. The number of benzene rings is 1. The van der Waals surface area contributed by atoms with E-state index in [1.54, 1.807) is 22.9 Å². The Labute approximate surface area is 175 Å². The van der Waals surface area contributed by atoms with Crippen molar-refractivity contribution < 1.29 is 14.0 Å². The normalized spacial score (nSPS) is 17.1. The highest BCUT2D eigenvalue weighted by Crippen LogP contribution is 2.25. The number of pyridine rings is 1. The molecule has 0 spiro atoms. The van der Waals surface area contributed by atoms with Gasteiger partial charge in [-0.25, -0.2) is 14.2 Å². The Bertz CT molecular complexity index is 987. The van der Waals surface area contributed by atoms with Gasteiger partial charge in [0.15, 0.2) is 0 Å². The predicted octanol–water partition coefficient (Wildman–Crippen LogP) is 2.67. The van der Waals surface area contributed by atoms with Crippen LogP contribution >= 0.6 is 0 Å². The molecule has 2 fully saturated rings. The van der Waals surface area contributed by atoms with E-state index in [1.807, 2.05) is 20.0 Å². The largest absolute Gasteiger partial charge is 0.353 e. The fourth-order valence-electron chi connectivity index (χ4n) is 4.07. The zero-order valence-electron chi connectivity index (χ0n) is 17.6. The number of piperazine rings is 1. The van der Waals surface area contributed by atoms with Crippen LogP contribution in [0.4, 0.5) is 20.7 Å². The van der Waals surface area contributed by atoms with Crippen molar-refractivity contribution in [1.29, 1.82) is 0 Å². The summed E-state index contributed by atoms with van der Waals surface area (Å²) in [6, 6.07) is 6.23. The number of urea groups is 1. The Morgan fingerprint density at radius 3 is 2.37 bits per heavy atom. The minimum absolute atomic E-state index is 0.196. The summed E-state index contributed by atoms with van der Waals surface area (Å²) < 4.78 is 14.7. The molecule has 0 aliphatic carbocycles. The zero-order valence-corrected chi connectivity index (χ0v) is 17.6. The van der Waals surface area contributed by atoms with Gasteiger partial charge in [0.1, 0.15) is 11.6 Å². The summed E-state index contributed by atoms with van der Waals surface area (Å²) in [5.74, 6) is 0.199. The van der Waals surface area contributed by atoms with Crippen molar-refractivity contribution in [3.05, 3.63) is 53.0 Å². The van der Waals surface area contributed by atoms with Gasteiger partial charge in [-0.05, 0) is 43.2 Å². The van der Waals surface area contributed by atoms with Gasteiger partial charge in [0.25, 0.3) is 5.91 Å². The van der Waals surface area contributed by atoms with E-state index >= 15 is 0 Å². The molecule has 2 saturated heterocycles. The third-order valence-electron chi connectivity index (χ3n) is 5.76. The van der Waals surface area contributed by atoms with Crippen LogP contribution in [0.1, 0.15) is 21.5 Å². The van der Waals surface area contributed by atoms with Gasteiger partial charge < -0.3 is 14.7 Å². The number of carbonyl (C=O) groups excluding carboxylic acids is 2. The van der Waals surface area contributed by atoms with Crippen molar-refractivity contribution in [2.24, 2.45) is 0 Å². The molecule has 1 aromatic carbocycles. The highest BCUT2D eigenvalue weighted by molar-refractivity contribution is 5.97. The van der Waals surface area contributed by atoms with Crippen LogP contribution < -0.4 is 9.80 Å². The van der Waals surface area contributed by atoms with E-state index in [4.69, 9.17) is 0 Å². The van der Waals surface area contributed by atoms with E-state index in [0.717, 1.165) is 16.9 Å². The zero-order chi connectivity index (χ0) is 21.4. The molecular formula is C22H26FN5O2. The third kappa shape index (κ3) is 3.69. The van der Waals surface area contributed by atoms with Crippen LogP contribution in [0.5, 0.6) is 0 Å². The molecule has 0 saturated carbocycles. The van der Waals surface area contributed by atoms with Gasteiger partial charge in [-0.15, -0.1) is 0 Å². The molecule has 3 heterocycles. The first-order valence-corrected chi connectivity index (χ1v) is 10.1. The molecule has 2 aliphatic heterocycles. The van der Waals surface area contributed by atoms with Crippen LogP contribution in [0.25, 0.3) is 0 Å². The number of carbonyl (C=O) groups is 2. The topological polar surface area (TPSA) is 60.0 Å². The van der Waals surface area contributed by atoms with Crippen LogP contribution in [-0.4, -0.2) is 73.0 Å². The third-order valence-corrected chi connectivity index (χ3v) is 5.76. The fourth-order valence-corrected chi connectivity index (χ4v) is 4.07. The number of hydrogen-bond acceptors (Lipinski definition) is 4. The smallest absolute Gasteiger partial charge is 0.324 e. The SMILES string of the molecule is Cc1cnc(N2CCN(C(=O)c3ccc(N4CCN(C)C4=O)c(F)c3)CC2)c(C)c1. The van der Waals surface area contributed by atoms with Crippen molar-refractivity contribution in [3.63, 3.8) is 0 Å². The lowest BCUT2D eigenvalue weighted by atomic mass is 10.1. The highest BCUT2D eigenvalue weighted by atomic mass is 19.1. The number of rotatable bonds is 3. The van der Waals surface area contributed by atoms with E-state index in [2.05, 4.69) is 16.0 Å². The number of halogens is 1. The van der Waals surface area contributed by atoms with Gasteiger partial charge in [-0.3, -0.25) is 9.69 Å². The summed E-state index contributed by atoms with van der Waals surface area (Å²) in [6.07, 6.45) is 1.85. The van der Waals surface area contributed by atoms with Crippen molar-refractivity contribution in [2.45, 2.75) is 13.8 Å². The van der Waals surface area contributed by atoms with Gasteiger partial charge in [-0.2, -0.15) is 0 Å². The Hall–Kier alpha value is -3.16. The first-order chi connectivity index (χ1) is 14.3. The van der Waals surface area contributed by atoms with Gasteiger partial charge in [0.05, 0.1) is 5.69 Å². The maximum Gasteiger partial charge on any atom is 0.324 e. The van der Waals surface area contributed by atoms with Gasteiger partial charge in [0, 0.05) is 58.1 Å². The molecule has 1 aromatic heterocycles. The second kappa shape index (κ2) is 7.93. The van der Waals surface area contributed by atoms with Crippen LogP contribution in [0.3, 0.4) is 0 Å². The lowest BCUT2D eigenvalue weighted by Crippen LogP contribution is -2.49. The van der Waals surface area contributed by atoms with Crippen LogP contribution in [0.15, 0.2) is 30.5 Å². The van der Waals surface area contributed by atoms with Gasteiger partial charge in [-0.1, -0.05) is 6.07 Å². The Morgan fingerprint density at radius 2 is 1.77 bits per heavy atom. The standard InChI is InChI=1S/C22H26FN5O2/c1-15-12-16(2)20(24-14-15)26-7-9-27(10-8-26)21(29)17-4-5-19(18(23)13-17)28-11-6-25(3)22(28)30/h4-5,12-14H,6-11H2,1-3H3. The number of nitrogens with zero attached hydrogens (tertiary/aromatic N) is 5. The van der Waals surface area contributed by atoms with Crippen molar-refractivity contribution in [1.82, 2.24) is 14.8 Å². The monoisotopic (exact) mass is 411 g/mol. The van der Waals surface area contributed by atoms with Crippen molar-refractivity contribution in [2.75, 3.05) is 56.1 Å². The van der Waals surface area contributed by atoms with Crippen LogP contribution in [0.2, 0.25) is 0 Å². The van der Waals surface area contributed by atoms with E-state index in [-0.39, 0.29) is 17.6 Å². The first kappa shape index (κ1) is 20.1. The maximum atomic E-state index is 14.7. The van der Waals surface area contributed by atoms with E-state index in [1.165, 1.54) is 17.0 Å². The Morgan fingerprint density at radius 1 is 1.03 bits per heavy atom. The molecule has 0 bridgehead atoms. The molecule has 0 unspecified atom stereocenters. The number of anilines is 2. The lowest BCUT2D eigenvalue weighted by molar-refractivity contribution is 0.0746. The maximum absolute atomic E-state index is 14.7. The minimum atomic E-state index is -0.553. The molecule has 3 amide bonds. The Balaban J connectivity index is 1.43. The summed E-state index contributed by atoms with van der Waals surface area (Å²) in [6.45, 7) is 7.50. The molecule has 0 atom stereocenters. The second-order valence-electron chi connectivity index (χ2n) is 7.95. The summed E-state index contributed by atoms with van der Waals surface area (Å²) >= 11 is 0. The molecular weight excluding hydrogens is 385 g/mol. The fraction of sp³-hybridized carbons (Fsp3) is 0.409. The van der Waals surface area contributed by atoms with Crippen molar-refractivity contribution >= 4 is 23.4 Å². The summed E-state index contributed by atoms with van der Waals surface area (Å²) in [7, 11) is 1.69. The number of hydrogen-bond donors (Lipinski definition) is 0. The van der Waals surface area contributed by atoms with Gasteiger partial charge >= 0.3 is 6.03 Å².